The first-order chi connectivity index (χ1) is 7.75. The van der Waals surface area contributed by atoms with Gasteiger partial charge in [-0.25, -0.2) is 0 Å². The second-order valence-corrected chi connectivity index (χ2v) is 4.24. The number of hydrogen-bond acceptors (Lipinski definition) is 3. The van der Waals surface area contributed by atoms with E-state index in [9.17, 15) is 4.79 Å². The number of aliphatic carboxylic acids is 1. The lowest BCUT2D eigenvalue weighted by Crippen LogP contribution is -2.25. The van der Waals surface area contributed by atoms with Gasteiger partial charge in [0.2, 0.25) is 0 Å². The lowest BCUT2D eigenvalue weighted by molar-refractivity contribution is -0.141. The topological polar surface area (TPSA) is 53.4 Å². The number of carbonyl (C=O) groups is 1. The van der Waals surface area contributed by atoms with Crippen molar-refractivity contribution in [1.29, 1.82) is 0 Å². The fourth-order valence-electron chi connectivity index (χ4n) is 2.07. The lowest BCUT2D eigenvalue weighted by Gasteiger charge is -2.14. The van der Waals surface area contributed by atoms with Gasteiger partial charge in [-0.2, -0.15) is 0 Å². The van der Waals surface area contributed by atoms with Crippen molar-refractivity contribution >= 4 is 5.97 Å². The Balaban J connectivity index is 1.78. The lowest BCUT2D eigenvalue weighted by atomic mass is 10.1. The van der Waals surface area contributed by atoms with Gasteiger partial charge in [0.1, 0.15) is 0 Å². The third-order valence-electron chi connectivity index (χ3n) is 3.06. The smallest absolute Gasteiger partial charge is 0.307 e. The molecule has 1 fully saturated rings. The Morgan fingerprint density at radius 2 is 2.50 bits per heavy atom. The van der Waals surface area contributed by atoms with Crippen molar-refractivity contribution in [3.63, 3.8) is 0 Å². The van der Waals surface area contributed by atoms with Gasteiger partial charge in [-0.05, 0) is 31.0 Å². The molecule has 4 nitrogen and oxygen atoms in total. The first-order valence-corrected chi connectivity index (χ1v) is 5.60. The van der Waals surface area contributed by atoms with E-state index in [2.05, 4.69) is 16.0 Å². The zero-order valence-electron chi connectivity index (χ0n) is 9.17. The van der Waals surface area contributed by atoms with Crippen LogP contribution in [0.3, 0.4) is 0 Å². The second kappa shape index (κ2) is 5.07. The molecule has 1 aliphatic rings. The molecule has 0 radical (unpaired) electrons. The summed E-state index contributed by atoms with van der Waals surface area (Å²) in [4.78, 5) is 17.1. The van der Waals surface area contributed by atoms with E-state index in [-0.39, 0.29) is 5.92 Å². The van der Waals surface area contributed by atoms with Crippen molar-refractivity contribution in [3.05, 3.63) is 30.1 Å². The fourth-order valence-corrected chi connectivity index (χ4v) is 2.07. The predicted octanol–water partition coefficient (Wildman–Crippen LogP) is 1.03. The number of pyridine rings is 1. The molecule has 0 saturated carbocycles. The van der Waals surface area contributed by atoms with Gasteiger partial charge in [-0.1, -0.05) is 6.07 Å². The first-order valence-electron chi connectivity index (χ1n) is 5.60. The molecule has 0 spiro atoms. The Labute approximate surface area is 94.9 Å². The highest BCUT2D eigenvalue weighted by Gasteiger charge is 2.27. The second-order valence-electron chi connectivity index (χ2n) is 4.24. The van der Waals surface area contributed by atoms with Gasteiger partial charge in [-0.15, -0.1) is 0 Å². The molecule has 1 saturated heterocycles. The number of nitrogens with zero attached hydrogens (tertiary/aromatic N) is 2. The Hall–Kier alpha value is -1.42. The van der Waals surface area contributed by atoms with Crippen LogP contribution in [-0.2, 0) is 11.2 Å². The van der Waals surface area contributed by atoms with Crippen LogP contribution >= 0.6 is 0 Å². The minimum absolute atomic E-state index is 0.172. The van der Waals surface area contributed by atoms with Gasteiger partial charge in [0.15, 0.2) is 0 Å². The van der Waals surface area contributed by atoms with E-state index in [0.29, 0.717) is 6.54 Å². The van der Waals surface area contributed by atoms with Crippen LogP contribution < -0.4 is 0 Å². The van der Waals surface area contributed by atoms with Gasteiger partial charge in [0.25, 0.3) is 0 Å². The monoisotopic (exact) mass is 220 g/mol. The number of carboxylic acids is 1. The highest BCUT2D eigenvalue weighted by atomic mass is 16.4. The van der Waals surface area contributed by atoms with E-state index >= 15 is 0 Å². The molecule has 1 N–H and O–H groups in total. The summed E-state index contributed by atoms with van der Waals surface area (Å²) in [5.74, 6) is -0.835. The number of rotatable bonds is 4. The van der Waals surface area contributed by atoms with E-state index in [1.54, 1.807) is 6.20 Å². The third-order valence-corrected chi connectivity index (χ3v) is 3.06. The number of hydrogen-bond donors (Lipinski definition) is 1. The Morgan fingerprint density at radius 3 is 3.12 bits per heavy atom. The standard InChI is InChI=1S/C12H16N2O2/c15-12(16)11-4-7-14(9-11)6-3-10-2-1-5-13-8-10/h1-2,5,8,11H,3-4,6-7,9H2,(H,15,16). The number of likely N-dealkylation sites (tertiary alicyclic amines) is 1. The number of aromatic nitrogens is 1. The number of carboxylic acid groups (broad SMARTS) is 1. The summed E-state index contributed by atoms with van der Waals surface area (Å²) in [6.45, 7) is 2.52. The van der Waals surface area contributed by atoms with Crippen LogP contribution in [0.4, 0.5) is 0 Å². The van der Waals surface area contributed by atoms with Crippen molar-refractivity contribution in [2.24, 2.45) is 5.92 Å². The minimum atomic E-state index is -0.663. The zero-order valence-corrected chi connectivity index (χ0v) is 9.17. The maximum atomic E-state index is 10.8. The van der Waals surface area contributed by atoms with Gasteiger partial charge in [-0.3, -0.25) is 9.78 Å². The molecule has 4 heteroatoms. The average Bonchev–Trinajstić information content (AvgIpc) is 2.76. The Bertz CT molecular complexity index is 353. The molecule has 2 heterocycles. The molecule has 0 amide bonds. The van der Waals surface area contributed by atoms with Crippen LogP contribution in [0.25, 0.3) is 0 Å². The van der Waals surface area contributed by atoms with Gasteiger partial charge in [0, 0.05) is 25.5 Å². The highest BCUT2D eigenvalue weighted by molar-refractivity contribution is 5.70. The quantitative estimate of drug-likeness (QED) is 0.823. The van der Waals surface area contributed by atoms with Crippen LogP contribution in [0.1, 0.15) is 12.0 Å². The van der Waals surface area contributed by atoms with Crippen molar-refractivity contribution in [1.82, 2.24) is 9.88 Å². The van der Waals surface area contributed by atoms with Crippen molar-refractivity contribution in [2.45, 2.75) is 12.8 Å². The summed E-state index contributed by atoms with van der Waals surface area (Å²) in [5, 5.41) is 8.88. The molecule has 0 aromatic carbocycles. The molecular formula is C12H16N2O2. The van der Waals surface area contributed by atoms with E-state index in [4.69, 9.17) is 5.11 Å². The summed E-state index contributed by atoms with van der Waals surface area (Å²) in [6, 6.07) is 3.98. The van der Waals surface area contributed by atoms with Crippen molar-refractivity contribution in [3.8, 4) is 0 Å². The Kier molecular flexibility index (Phi) is 3.51. The van der Waals surface area contributed by atoms with Gasteiger partial charge < -0.3 is 10.0 Å². The molecule has 1 unspecified atom stereocenters. The summed E-state index contributed by atoms with van der Waals surface area (Å²) in [6.07, 6.45) is 5.35. The fraction of sp³-hybridized carbons (Fsp3) is 0.500. The maximum Gasteiger partial charge on any atom is 0.307 e. The molecule has 2 rings (SSSR count). The normalized spacial score (nSPS) is 21.1. The summed E-state index contributed by atoms with van der Waals surface area (Å²) in [7, 11) is 0. The van der Waals surface area contributed by atoms with Crippen LogP contribution in [0, 0.1) is 5.92 Å². The SMILES string of the molecule is O=C(O)C1CCN(CCc2cccnc2)C1. The maximum absolute atomic E-state index is 10.8. The molecular weight excluding hydrogens is 204 g/mol. The summed E-state index contributed by atoms with van der Waals surface area (Å²) < 4.78 is 0. The molecule has 86 valence electrons. The van der Waals surface area contributed by atoms with Crippen molar-refractivity contribution in [2.75, 3.05) is 19.6 Å². The summed E-state index contributed by atoms with van der Waals surface area (Å²) in [5.41, 5.74) is 1.21. The molecule has 1 aromatic heterocycles. The van der Waals surface area contributed by atoms with E-state index in [1.165, 1.54) is 5.56 Å². The molecule has 1 aliphatic heterocycles. The van der Waals surface area contributed by atoms with E-state index < -0.39 is 5.97 Å². The molecule has 1 aromatic rings. The first kappa shape index (κ1) is 11.1. The third kappa shape index (κ3) is 2.79. The predicted molar refractivity (Wildman–Crippen MR) is 60.1 cm³/mol. The van der Waals surface area contributed by atoms with Crippen LogP contribution in [0.15, 0.2) is 24.5 Å². The largest absolute Gasteiger partial charge is 0.481 e. The van der Waals surface area contributed by atoms with Crippen LogP contribution in [-0.4, -0.2) is 40.6 Å². The Morgan fingerprint density at radius 1 is 1.62 bits per heavy atom. The highest BCUT2D eigenvalue weighted by Crippen LogP contribution is 2.16. The summed E-state index contributed by atoms with van der Waals surface area (Å²) >= 11 is 0. The molecule has 0 bridgehead atoms. The molecule has 1 atom stereocenters. The molecule has 16 heavy (non-hydrogen) atoms. The van der Waals surface area contributed by atoms with E-state index in [1.807, 2.05) is 12.3 Å². The van der Waals surface area contributed by atoms with Crippen LogP contribution in [0.5, 0.6) is 0 Å². The average molecular weight is 220 g/mol. The van der Waals surface area contributed by atoms with Crippen LogP contribution in [0.2, 0.25) is 0 Å². The minimum Gasteiger partial charge on any atom is -0.481 e. The molecule has 0 aliphatic carbocycles. The zero-order chi connectivity index (χ0) is 11.4. The van der Waals surface area contributed by atoms with Crippen molar-refractivity contribution < 1.29 is 9.90 Å². The van der Waals surface area contributed by atoms with E-state index in [0.717, 1.165) is 25.9 Å². The van der Waals surface area contributed by atoms with Gasteiger partial charge >= 0.3 is 5.97 Å². The van der Waals surface area contributed by atoms with Gasteiger partial charge in [0.05, 0.1) is 5.92 Å².